The molecule has 0 atom stereocenters. The maximum absolute atomic E-state index is 13.2. The zero-order valence-corrected chi connectivity index (χ0v) is 14.2. The number of nitrogens with zero attached hydrogens (tertiary/aromatic N) is 2. The molecule has 3 aromatic rings. The first-order valence-corrected chi connectivity index (χ1v) is 8.48. The lowest BCUT2D eigenvalue weighted by Gasteiger charge is -2.12. The van der Waals surface area contributed by atoms with Gasteiger partial charge < -0.3 is 16.4 Å². The highest BCUT2D eigenvalue weighted by Gasteiger charge is 2.09. The van der Waals surface area contributed by atoms with Crippen LogP contribution in [0.3, 0.4) is 0 Å². The Kier molecular flexibility index (Phi) is 5.12. The molecule has 24 heavy (non-hydrogen) atoms. The molecule has 0 aliphatic heterocycles. The summed E-state index contributed by atoms with van der Waals surface area (Å²) in [5.41, 5.74) is 7.09. The van der Waals surface area contributed by atoms with Gasteiger partial charge in [0, 0.05) is 17.1 Å². The Bertz CT molecular complexity index is 825. The molecule has 0 fully saturated rings. The molecule has 2 aromatic heterocycles. The lowest BCUT2D eigenvalue weighted by Crippen LogP contribution is -2.10. The Morgan fingerprint density at radius 1 is 1.21 bits per heavy atom. The van der Waals surface area contributed by atoms with Crippen LogP contribution in [0.5, 0.6) is 0 Å². The summed E-state index contributed by atoms with van der Waals surface area (Å²) in [7, 11) is 0. The summed E-state index contributed by atoms with van der Waals surface area (Å²) in [4.78, 5) is 9.57. The molecule has 0 radical (unpaired) electrons. The lowest BCUT2D eigenvalue weighted by atomic mass is 10.3. The van der Waals surface area contributed by atoms with E-state index in [1.807, 2.05) is 11.4 Å². The van der Waals surface area contributed by atoms with E-state index in [1.54, 1.807) is 17.4 Å². The number of hydrogen-bond acceptors (Lipinski definition) is 6. The number of nitrogens with one attached hydrogen (secondary N) is 2. The molecule has 1 aromatic carbocycles. The number of benzene rings is 1. The molecular weight excluding hydrogens is 349 g/mol. The topological polar surface area (TPSA) is 75.9 Å². The van der Waals surface area contributed by atoms with Crippen molar-refractivity contribution in [3.63, 3.8) is 0 Å². The summed E-state index contributed by atoms with van der Waals surface area (Å²) in [5, 5.41) is 8.30. The number of anilines is 4. The summed E-state index contributed by atoms with van der Waals surface area (Å²) >= 11 is 7.49. The summed E-state index contributed by atoms with van der Waals surface area (Å²) < 4.78 is 13.2. The number of rotatable bonds is 6. The van der Waals surface area contributed by atoms with Crippen molar-refractivity contribution in [2.24, 2.45) is 0 Å². The molecule has 0 unspecified atom stereocenters. The minimum absolute atomic E-state index is 0.0296. The van der Waals surface area contributed by atoms with Gasteiger partial charge >= 0.3 is 0 Å². The third-order valence-electron chi connectivity index (χ3n) is 3.31. The van der Waals surface area contributed by atoms with Crippen molar-refractivity contribution in [2.45, 2.75) is 6.42 Å². The number of aromatic nitrogens is 2. The zero-order valence-electron chi connectivity index (χ0n) is 12.6. The quantitative estimate of drug-likeness (QED) is 0.608. The molecule has 8 heteroatoms. The fraction of sp³-hybridized carbons (Fsp3) is 0.125. The summed E-state index contributed by atoms with van der Waals surface area (Å²) in [6.07, 6.45) is 2.30. The van der Waals surface area contributed by atoms with Gasteiger partial charge in [0.25, 0.3) is 0 Å². The molecule has 0 bridgehead atoms. The highest BCUT2D eigenvalue weighted by Crippen LogP contribution is 2.27. The maximum atomic E-state index is 13.2. The van der Waals surface area contributed by atoms with E-state index in [0.717, 1.165) is 6.42 Å². The Labute approximate surface area is 147 Å². The monoisotopic (exact) mass is 363 g/mol. The van der Waals surface area contributed by atoms with Crippen LogP contribution in [0.2, 0.25) is 5.02 Å². The fourth-order valence-corrected chi connectivity index (χ4v) is 3.00. The SMILES string of the molecule is Nc1c(NCCc2cccs2)ncnc1Nc1ccc(F)c(Cl)c1. The summed E-state index contributed by atoms with van der Waals surface area (Å²) in [6.45, 7) is 0.712. The van der Waals surface area contributed by atoms with Gasteiger partial charge in [-0.25, -0.2) is 14.4 Å². The molecule has 5 nitrogen and oxygen atoms in total. The van der Waals surface area contributed by atoms with E-state index in [4.69, 9.17) is 17.3 Å². The van der Waals surface area contributed by atoms with Crippen molar-refractivity contribution in [3.8, 4) is 0 Å². The number of hydrogen-bond donors (Lipinski definition) is 3. The maximum Gasteiger partial charge on any atom is 0.159 e. The molecule has 0 saturated carbocycles. The molecule has 0 amide bonds. The molecule has 4 N–H and O–H groups in total. The normalized spacial score (nSPS) is 10.6. The summed E-state index contributed by atoms with van der Waals surface area (Å²) in [6, 6.07) is 8.42. The number of nitrogens with two attached hydrogens (primary N) is 1. The van der Waals surface area contributed by atoms with Gasteiger partial charge in [-0.05, 0) is 36.1 Å². The zero-order chi connectivity index (χ0) is 16.9. The van der Waals surface area contributed by atoms with Gasteiger partial charge in [-0.3, -0.25) is 0 Å². The van der Waals surface area contributed by atoms with E-state index in [1.165, 1.54) is 23.3 Å². The van der Waals surface area contributed by atoms with E-state index < -0.39 is 5.82 Å². The van der Waals surface area contributed by atoms with E-state index in [2.05, 4.69) is 26.7 Å². The van der Waals surface area contributed by atoms with E-state index >= 15 is 0 Å². The van der Waals surface area contributed by atoms with E-state index in [9.17, 15) is 4.39 Å². The highest BCUT2D eigenvalue weighted by molar-refractivity contribution is 7.09. The third-order valence-corrected chi connectivity index (χ3v) is 4.54. The number of nitrogen functional groups attached to an aromatic ring is 1. The minimum atomic E-state index is -0.478. The van der Waals surface area contributed by atoms with Crippen LogP contribution in [0, 0.1) is 5.82 Å². The molecule has 0 saturated heterocycles. The third kappa shape index (κ3) is 3.93. The molecule has 2 heterocycles. The van der Waals surface area contributed by atoms with E-state index in [0.29, 0.717) is 29.6 Å². The summed E-state index contributed by atoms with van der Waals surface area (Å²) in [5.74, 6) is 0.511. The van der Waals surface area contributed by atoms with Crippen LogP contribution >= 0.6 is 22.9 Å². The van der Waals surface area contributed by atoms with E-state index in [-0.39, 0.29) is 5.02 Å². The Hall–Kier alpha value is -2.38. The van der Waals surface area contributed by atoms with Crippen LogP contribution in [0.25, 0.3) is 0 Å². The van der Waals surface area contributed by atoms with Gasteiger partial charge in [-0.1, -0.05) is 17.7 Å². The number of halogens is 2. The largest absolute Gasteiger partial charge is 0.393 e. The Morgan fingerprint density at radius 3 is 2.79 bits per heavy atom. The average Bonchev–Trinajstić information content (AvgIpc) is 3.08. The van der Waals surface area contributed by atoms with Crippen LogP contribution in [-0.2, 0) is 6.42 Å². The second-order valence-corrected chi connectivity index (χ2v) is 6.43. The highest BCUT2D eigenvalue weighted by atomic mass is 35.5. The van der Waals surface area contributed by atoms with Crippen LogP contribution in [0.15, 0.2) is 42.0 Å². The van der Waals surface area contributed by atoms with Crippen molar-refractivity contribution >= 4 is 45.9 Å². The molecule has 124 valence electrons. The second kappa shape index (κ2) is 7.46. The minimum Gasteiger partial charge on any atom is -0.393 e. The first-order chi connectivity index (χ1) is 11.6. The smallest absolute Gasteiger partial charge is 0.159 e. The van der Waals surface area contributed by atoms with Gasteiger partial charge in [0.05, 0.1) is 5.02 Å². The molecule has 0 aliphatic carbocycles. The van der Waals surface area contributed by atoms with Crippen molar-refractivity contribution < 1.29 is 4.39 Å². The van der Waals surface area contributed by atoms with Gasteiger partial charge in [-0.15, -0.1) is 11.3 Å². The first kappa shape index (κ1) is 16.5. The number of thiophene rings is 1. The Balaban J connectivity index is 1.69. The van der Waals surface area contributed by atoms with Gasteiger partial charge in [0.2, 0.25) is 0 Å². The molecular formula is C16H15ClFN5S. The average molecular weight is 364 g/mol. The second-order valence-electron chi connectivity index (χ2n) is 4.99. The van der Waals surface area contributed by atoms with Gasteiger partial charge in [-0.2, -0.15) is 0 Å². The predicted octanol–water partition coefficient (Wildman–Crippen LogP) is 4.31. The van der Waals surface area contributed by atoms with Crippen LogP contribution in [0.1, 0.15) is 4.88 Å². The van der Waals surface area contributed by atoms with Crippen LogP contribution in [-0.4, -0.2) is 16.5 Å². The fourth-order valence-electron chi connectivity index (χ4n) is 2.11. The van der Waals surface area contributed by atoms with Crippen LogP contribution < -0.4 is 16.4 Å². The standard InChI is InChI=1S/C16H15ClFN5S/c17-12-8-10(3-4-13(12)18)23-16-14(19)15(21-9-22-16)20-6-5-11-2-1-7-24-11/h1-4,7-9H,5-6,19H2,(H2,20,21,22,23). The predicted molar refractivity (Wildman–Crippen MR) is 97.6 cm³/mol. The molecule has 0 aliphatic rings. The van der Waals surface area contributed by atoms with Crippen LogP contribution in [0.4, 0.5) is 27.4 Å². The van der Waals surface area contributed by atoms with Gasteiger partial charge in [0.1, 0.15) is 17.8 Å². The first-order valence-electron chi connectivity index (χ1n) is 7.22. The molecule has 3 rings (SSSR count). The Morgan fingerprint density at radius 2 is 2.04 bits per heavy atom. The molecule has 0 spiro atoms. The van der Waals surface area contributed by atoms with Crippen molar-refractivity contribution in [1.29, 1.82) is 0 Å². The van der Waals surface area contributed by atoms with Crippen molar-refractivity contribution in [3.05, 3.63) is 57.8 Å². The van der Waals surface area contributed by atoms with Crippen molar-refractivity contribution in [1.82, 2.24) is 9.97 Å². The lowest BCUT2D eigenvalue weighted by molar-refractivity contribution is 0.628. The van der Waals surface area contributed by atoms with Crippen molar-refractivity contribution in [2.75, 3.05) is 22.9 Å². The van der Waals surface area contributed by atoms with Gasteiger partial charge in [0.15, 0.2) is 11.6 Å².